The first-order valence-electron chi connectivity index (χ1n) is 6.76. The van der Waals surface area contributed by atoms with Crippen LogP contribution in [0, 0.1) is 6.92 Å². The summed E-state index contributed by atoms with van der Waals surface area (Å²) in [7, 11) is 1.62. The second kappa shape index (κ2) is 6.44. The number of methoxy groups -OCH3 is 1. The molecule has 2 N–H and O–H groups in total. The van der Waals surface area contributed by atoms with Gasteiger partial charge < -0.3 is 15.2 Å². The molecule has 0 aromatic heterocycles. The van der Waals surface area contributed by atoms with Crippen molar-refractivity contribution >= 4 is 0 Å². The van der Waals surface area contributed by atoms with Gasteiger partial charge in [-0.05, 0) is 43.2 Å². The number of nitrogens with one attached hydrogen (secondary N) is 1. The molecule has 106 valence electrons. The highest BCUT2D eigenvalue weighted by Crippen LogP contribution is 2.24. The first-order chi connectivity index (χ1) is 9.61. The third kappa shape index (κ3) is 3.31. The summed E-state index contributed by atoms with van der Waals surface area (Å²) in [6, 6.07) is 13.8. The zero-order valence-corrected chi connectivity index (χ0v) is 12.2. The van der Waals surface area contributed by atoms with Crippen molar-refractivity contribution in [2.24, 2.45) is 0 Å². The van der Waals surface area contributed by atoms with Crippen LogP contribution in [-0.2, 0) is 6.54 Å². The minimum atomic E-state index is 0.224. The molecule has 1 atom stereocenters. The molecular formula is C17H21NO2. The number of rotatable bonds is 5. The molecule has 0 saturated heterocycles. The van der Waals surface area contributed by atoms with Gasteiger partial charge in [0.1, 0.15) is 11.5 Å². The van der Waals surface area contributed by atoms with Crippen LogP contribution in [0.2, 0.25) is 0 Å². The molecule has 0 spiro atoms. The minimum Gasteiger partial charge on any atom is -0.508 e. The van der Waals surface area contributed by atoms with Gasteiger partial charge in [-0.3, -0.25) is 0 Å². The maximum Gasteiger partial charge on any atom is 0.120 e. The fourth-order valence-corrected chi connectivity index (χ4v) is 2.28. The summed E-state index contributed by atoms with van der Waals surface area (Å²) in [5.74, 6) is 1.04. The molecule has 0 radical (unpaired) electrons. The standard InChI is InChI=1S/C17H21NO2/c1-12-6-4-5-7-16(12)13(2)18-11-14-10-15(20-3)8-9-17(14)19/h4-10,13,18-19H,11H2,1-3H3. The van der Waals surface area contributed by atoms with Crippen molar-refractivity contribution in [1.82, 2.24) is 5.32 Å². The number of ether oxygens (including phenoxy) is 1. The average Bonchev–Trinajstić information content (AvgIpc) is 2.46. The topological polar surface area (TPSA) is 41.5 Å². The Morgan fingerprint density at radius 2 is 1.95 bits per heavy atom. The number of hydrogen-bond donors (Lipinski definition) is 2. The number of phenolic OH excluding ortho intramolecular Hbond substituents is 1. The van der Waals surface area contributed by atoms with Gasteiger partial charge in [0.05, 0.1) is 7.11 Å². The fourth-order valence-electron chi connectivity index (χ4n) is 2.28. The second-order valence-corrected chi connectivity index (χ2v) is 4.95. The van der Waals surface area contributed by atoms with Gasteiger partial charge in [-0.2, -0.15) is 0 Å². The van der Waals surface area contributed by atoms with Crippen LogP contribution in [0.3, 0.4) is 0 Å². The van der Waals surface area contributed by atoms with Crippen molar-refractivity contribution in [3.05, 3.63) is 59.2 Å². The Morgan fingerprint density at radius 3 is 2.65 bits per heavy atom. The van der Waals surface area contributed by atoms with Crippen molar-refractivity contribution in [3.63, 3.8) is 0 Å². The summed E-state index contributed by atoms with van der Waals surface area (Å²) in [6.45, 7) is 4.83. The summed E-state index contributed by atoms with van der Waals surface area (Å²) >= 11 is 0. The number of aromatic hydroxyl groups is 1. The minimum absolute atomic E-state index is 0.224. The van der Waals surface area contributed by atoms with Crippen LogP contribution in [-0.4, -0.2) is 12.2 Å². The Hall–Kier alpha value is -2.00. The molecule has 0 heterocycles. The Kier molecular flexibility index (Phi) is 4.64. The van der Waals surface area contributed by atoms with Crippen molar-refractivity contribution in [2.45, 2.75) is 26.4 Å². The monoisotopic (exact) mass is 271 g/mol. The fraction of sp³-hybridized carbons (Fsp3) is 0.294. The number of hydrogen-bond acceptors (Lipinski definition) is 3. The largest absolute Gasteiger partial charge is 0.508 e. The molecule has 2 aromatic carbocycles. The summed E-state index contributed by atoms with van der Waals surface area (Å²) in [5, 5.41) is 13.3. The van der Waals surface area contributed by atoms with Crippen LogP contribution in [0.5, 0.6) is 11.5 Å². The molecule has 1 unspecified atom stereocenters. The van der Waals surface area contributed by atoms with Crippen LogP contribution < -0.4 is 10.1 Å². The third-order valence-electron chi connectivity index (χ3n) is 3.54. The van der Waals surface area contributed by atoms with Crippen LogP contribution in [0.15, 0.2) is 42.5 Å². The predicted octanol–water partition coefficient (Wildman–Crippen LogP) is 3.56. The molecule has 0 fully saturated rings. The smallest absolute Gasteiger partial charge is 0.120 e. The third-order valence-corrected chi connectivity index (χ3v) is 3.54. The van der Waals surface area contributed by atoms with Crippen LogP contribution in [0.25, 0.3) is 0 Å². The first-order valence-corrected chi connectivity index (χ1v) is 6.76. The molecule has 3 heteroatoms. The molecular weight excluding hydrogens is 250 g/mol. The van der Waals surface area contributed by atoms with Gasteiger partial charge in [0.2, 0.25) is 0 Å². The maximum absolute atomic E-state index is 9.87. The zero-order valence-electron chi connectivity index (χ0n) is 12.2. The van der Waals surface area contributed by atoms with E-state index in [2.05, 4.69) is 31.3 Å². The number of aryl methyl sites for hydroxylation is 1. The molecule has 0 bridgehead atoms. The van der Waals surface area contributed by atoms with Gasteiger partial charge in [0.25, 0.3) is 0 Å². The quantitative estimate of drug-likeness (QED) is 0.873. The summed E-state index contributed by atoms with van der Waals surface area (Å²) in [6.07, 6.45) is 0. The van der Waals surface area contributed by atoms with Crippen molar-refractivity contribution in [1.29, 1.82) is 0 Å². The zero-order chi connectivity index (χ0) is 14.5. The van der Waals surface area contributed by atoms with Crippen molar-refractivity contribution in [3.8, 4) is 11.5 Å². The normalized spacial score (nSPS) is 12.2. The van der Waals surface area contributed by atoms with Crippen molar-refractivity contribution in [2.75, 3.05) is 7.11 Å². The van der Waals surface area contributed by atoms with Crippen LogP contribution in [0.1, 0.15) is 29.7 Å². The Morgan fingerprint density at radius 1 is 1.20 bits per heavy atom. The lowest BCUT2D eigenvalue weighted by atomic mass is 10.0. The molecule has 0 aliphatic heterocycles. The second-order valence-electron chi connectivity index (χ2n) is 4.95. The highest BCUT2D eigenvalue weighted by atomic mass is 16.5. The highest BCUT2D eigenvalue weighted by Gasteiger charge is 2.09. The molecule has 3 nitrogen and oxygen atoms in total. The predicted molar refractivity (Wildman–Crippen MR) is 81.1 cm³/mol. The van der Waals surface area contributed by atoms with E-state index < -0.39 is 0 Å². The van der Waals surface area contributed by atoms with Gasteiger partial charge in [-0.15, -0.1) is 0 Å². The van der Waals surface area contributed by atoms with E-state index >= 15 is 0 Å². The van der Waals surface area contributed by atoms with E-state index in [0.717, 1.165) is 11.3 Å². The first kappa shape index (κ1) is 14.4. The summed E-state index contributed by atoms with van der Waals surface area (Å²) < 4.78 is 5.18. The lowest BCUT2D eigenvalue weighted by Crippen LogP contribution is -2.19. The van der Waals surface area contributed by atoms with Gasteiger partial charge in [0, 0.05) is 18.2 Å². The summed E-state index contributed by atoms with van der Waals surface area (Å²) in [5.41, 5.74) is 3.38. The SMILES string of the molecule is COc1ccc(O)c(CNC(C)c2ccccc2C)c1. The van der Waals surface area contributed by atoms with Gasteiger partial charge in [0.15, 0.2) is 0 Å². The summed E-state index contributed by atoms with van der Waals surface area (Å²) in [4.78, 5) is 0. The Labute approximate surface area is 120 Å². The van der Waals surface area contributed by atoms with Crippen LogP contribution >= 0.6 is 0 Å². The van der Waals surface area contributed by atoms with E-state index in [1.54, 1.807) is 19.2 Å². The molecule has 0 aliphatic rings. The number of phenols is 1. The highest BCUT2D eigenvalue weighted by molar-refractivity contribution is 5.39. The van der Waals surface area contributed by atoms with Crippen molar-refractivity contribution < 1.29 is 9.84 Å². The Bertz CT molecular complexity index is 581. The van der Waals surface area contributed by atoms with Gasteiger partial charge in [-0.1, -0.05) is 24.3 Å². The maximum atomic E-state index is 9.87. The van der Waals surface area contributed by atoms with Crippen LogP contribution in [0.4, 0.5) is 0 Å². The molecule has 20 heavy (non-hydrogen) atoms. The van der Waals surface area contributed by atoms with E-state index in [-0.39, 0.29) is 11.8 Å². The lowest BCUT2D eigenvalue weighted by molar-refractivity contribution is 0.409. The van der Waals surface area contributed by atoms with E-state index in [0.29, 0.717) is 6.54 Å². The molecule has 0 saturated carbocycles. The molecule has 0 aliphatic carbocycles. The van der Waals surface area contributed by atoms with Gasteiger partial charge >= 0.3 is 0 Å². The van der Waals surface area contributed by atoms with E-state index in [9.17, 15) is 5.11 Å². The Balaban J connectivity index is 2.07. The number of benzene rings is 2. The van der Waals surface area contributed by atoms with E-state index in [1.807, 2.05) is 18.2 Å². The average molecular weight is 271 g/mol. The van der Waals surface area contributed by atoms with E-state index in [1.165, 1.54) is 11.1 Å². The van der Waals surface area contributed by atoms with E-state index in [4.69, 9.17) is 4.74 Å². The molecule has 2 rings (SSSR count). The van der Waals surface area contributed by atoms with Gasteiger partial charge in [-0.25, -0.2) is 0 Å². The molecule has 0 amide bonds. The molecule has 2 aromatic rings. The lowest BCUT2D eigenvalue weighted by Gasteiger charge is -2.17.